The number of hydrogen-bond acceptors (Lipinski definition) is 4. The van der Waals surface area contributed by atoms with Crippen LogP contribution >= 0.6 is 0 Å². The Balaban J connectivity index is 1.89. The van der Waals surface area contributed by atoms with E-state index in [2.05, 4.69) is 20.8 Å². The van der Waals surface area contributed by atoms with Crippen LogP contribution in [0.4, 0.5) is 4.39 Å². The smallest absolute Gasteiger partial charge is 0.295 e. The topological polar surface area (TPSA) is 66.8 Å². The van der Waals surface area contributed by atoms with Crippen molar-refractivity contribution >= 4 is 17.4 Å². The third kappa shape index (κ3) is 4.32. The van der Waals surface area contributed by atoms with E-state index in [0.717, 1.165) is 24.0 Å². The summed E-state index contributed by atoms with van der Waals surface area (Å²) < 4.78 is 20.6. The summed E-state index contributed by atoms with van der Waals surface area (Å²) in [5.74, 6) is -2.36. The second kappa shape index (κ2) is 8.75. The number of aryl methyl sites for hydroxylation is 1. The van der Waals surface area contributed by atoms with Crippen LogP contribution in [0.2, 0.25) is 0 Å². The summed E-state index contributed by atoms with van der Waals surface area (Å²) in [5, 5.41) is 11.4. The van der Waals surface area contributed by atoms with Crippen LogP contribution in [-0.4, -0.2) is 41.0 Å². The van der Waals surface area contributed by atoms with E-state index in [1.807, 2.05) is 25.1 Å². The van der Waals surface area contributed by atoms with E-state index in [4.69, 9.17) is 4.74 Å². The lowest BCUT2D eigenvalue weighted by atomic mass is 9.84. The number of Topliss-reactive ketones (excluding diaryl/α,β-unsaturated/α-hetero) is 1. The van der Waals surface area contributed by atoms with Crippen LogP contribution < -0.4 is 0 Å². The van der Waals surface area contributed by atoms with Gasteiger partial charge in [0.15, 0.2) is 0 Å². The lowest BCUT2D eigenvalue weighted by Crippen LogP contribution is -2.36. The van der Waals surface area contributed by atoms with Crippen molar-refractivity contribution in [2.24, 2.45) is 0 Å². The number of amides is 1. The number of carbonyl (C=O) groups excluding carboxylic acids is 2. The molecule has 2 aliphatic heterocycles. The molecule has 174 valence electrons. The normalized spacial score (nSPS) is 22.9. The molecule has 0 aromatic heterocycles. The maximum absolute atomic E-state index is 14.9. The van der Waals surface area contributed by atoms with E-state index in [1.54, 1.807) is 18.2 Å². The molecule has 2 heterocycles. The zero-order valence-electron chi connectivity index (χ0n) is 19.5. The molecule has 6 heteroatoms. The average Bonchev–Trinajstić information content (AvgIpc) is 3.36. The van der Waals surface area contributed by atoms with Crippen molar-refractivity contribution in [3.8, 4) is 0 Å². The molecule has 5 nitrogen and oxygen atoms in total. The van der Waals surface area contributed by atoms with Crippen LogP contribution in [0.1, 0.15) is 61.9 Å². The number of ether oxygens (including phenoxy) is 1. The Hall–Kier alpha value is -2.99. The molecule has 0 bridgehead atoms. The number of hydrogen-bond donors (Lipinski definition) is 1. The molecule has 2 aromatic carbocycles. The predicted octanol–water partition coefficient (Wildman–Crippen LogP) is 5.03. The van der Waals surface area contributed by atoms with Gasteiger partial charge in [0.25, 0.3) is 11.7 Å². The third-order valence-corrected chi connectivity index (χ3v) is 6.52. The van der Waals surface area contributed by atoms with Crippen molar-refractivity contribution in [1.29, 1.82) is 0 Å². The molecule has 1 N–H and O–H groups in total. The van der Waals surface area contributed by atoms with Crippen LogP contribution in [0.15, 0.2) is 48.0 Å². The second-order valence-electron chi connectivity index (χ2n) is 9.89. The molecular weight excluding hydrogens is 421 g/mol. The fourth-order valence-corrected chi connectivity index (χ4v) is 4.58. The summed E-state index contributed by atoms with van der Waals surface area (Å²) in [5.41, 5.74) is 2.13. The Morgan fingerprint density at radius 3 is 2.55 bits per heavy atom. The summed E-state index contributed by atoms with van der Waals surface area (Å²) in [7, 11) is 0. The SMILES string of the molecule is Cc1ccc(C(C)(C)C)cc1/C(O)=C1\C(=O)C(=O)N(CC2CCCO2)C1c1ccccc1F. The van der Waals surface area contributed by atoms with Crippen molar-refractivity contribution < 1.29 is 23.8 Å². The van der Waals surface area contributed by atoms with Gasteiger partial charge < -0.3 is 14.7 Å². The van der Waals surface area contributed by atoms with Crippen LogP contribution in [-0.2, 0) is 19.7 Å². The zero-order chi connectivity index (χ0) is 23.9. The molecule has 2 atom stereocenters. The molecule has 2 saturated heterocycles. The summed E-state index contributed by atoms with van der Waals surface area (Å²) in [6.45, 7) is 8.77. The predicted molar refractivity (Wildman–Crippen MR) is 124 cm³/mol. The van der Waals surface area contributed by atoms with Crippen molar-refractivity contribution in [1.82, 2.24) is 4.90 Å². The number of aliphatic hydroxyl groups is 1. The van der Waals surface area contributed by atoms with Gasteiger partial charge in [-0.05, 0) is 48.4 Å². The molecule has 1 amide bonds. The second-order valence-corrected chi connectivity index (χ2v) is 9.89. The zero-order valence-corrected chi connectivity index (χ0v) is 19.5. The van der Waals surface area contributed by atoms with Gasteiger partial charge in [-0.25, -0.2) is 4.39 Å². The van der Waals surface area contributed by atoms with Gasteiger partial charge in [-0.15, -0.1) is 0 Å². The van der Waals surface area contributed by atoms with E-state index in [0.29, 0.717) is 12.2 Å². The number of likely N-dealkylation sites (tertiary alicyclic amines) is 1. The number of rotatable bonds is 4. The Labute approximate surface area is 193 Å². The fraction of sp³-hybridized carbons (Fsp3) is 0.407. The Morgan fingerprint density at radius 1 is 1.18 bits per heavy atom. The maximum Gasteiger partial charge on any atom is 0.295 e. The fourth-order valence-electron chi connectivity index (χ4n) is 4.58. The Kier molecular flexibility index (Phi) is 6.14. The van der Waals surface area contributed by atoms with Crippen molar-refractivity contribution in [3.05, 3.63) is 76.1 Å². The summed E-state index contributed by atoms with van der Waals surface area (Å²) in [6, 6.07) is 10.8. The van der Waals surface area contributed by atoms with Crippen molar-refractivity contribution in [2.45, 2.75) is 58.1 Å². The number of carbonyl (C=O) groups is 2. The average molecular weight is 452 g/mol. The summed E-state index contributed by atoms with van der Waals surface area (Å²) in [6.07, 6.45) is 1.42. The lowest BCUT2D eigenvalue weighted by Gasteiger charge is -2.28. The summed E-state index contributed by atoms with van der Waals surface area (Å²) in [4.78, 5) is 27.7. The molecule has 33 heavy (non-hydrogen) atoms. The van der Waals surface area contributed by atoms with Crippen molar-refractivity contribution in [3.63, 3.8) is 0 Å². The number of nitrogens with zero attached hydrogens (tertiary/aromatic N) is 1. The van der Waals surface area contributed by atoms with Gasteiger partial charge in [0.05, 0.1) is 17.7 Å². The third-order valence-electron chi connectivity index (χ3n) is 6.52. The molecule has 0 radical (unpaired) electrons. The van der Waals surface area contributed by atoms with Gasteiger partial charge in [-0.3, -0.25) is 9.59 Å². The van der Waals surface area contributed by atoms with Crippen LogP contribution in [0.3, 0.4) is 0 Å². The van der Waals surface area contributed by atoms with Crippen LogP contribution in [0, 0.1) is 12.7 Å². The van der Waals surface area contributed by atoms with E-state index in [9.17, 15) is 19.1 Å². The first-order chi connectivity index (χ1) is 15.6. The van der Waals surface area contributed by atoms with Gasteiger partial charge in [0.1, 0.15) is 11.6 Å². The van der Waals surface area contributed by atoms with E-state index >= 15 is 0 Å². The minimum Gasteiger partial charge on any atom is -0.507 e. The highest BCUT2D eigenvalue weighted by molar-refractivity contribution is 6.46. The highest BCUT2D eigenvalue weighted by atomic mass is 19.1. The molecule has 0 aliphatic carbocycles. The minimum absolute atomic E-state index is 0.0859. The molecule has 2 unspecified atom stereocenters. The van der Waals surface area contributed by atoms with E-state index < -0.39 is 23.5 Å². The van der Waals surface area contributed by atoms with E-state index in [-0.39, 0.29) is 35.0 Å². The first-order valence-electron chi connectivity index (χ1n) is 11.4. The number of ketones is 1. The largest absolute Gasteiger partial charge is 0.507 e. The quantitative estimate of drug-likeness (QED) is 0.402. The maximum atomic E-state index is 14.9. The lowest BCUT2D eigenvalue weighted by molar-refractivity contribution is -0.140. The van der Waals surface area contributed by atoms with Crippen molar-refractivity contribution in [2.75, 3.05) is 13.2 Å². The van der Waals surface area contributed by atoms with Gasteiger partial charge in [-0.1, -0.05) is 51.1 Å². The Morgan fingerprint density at radius 2 is 1.91 bits per heavy atom. The molecule has 0 spiro atoms. The molecular formula is C27H30FNO4. The van der Waals surface area contributed by atoms with Gasteiger partial charge in [0, 0.05) is 24.3 Å². The monoisotopic (exact) mass is 451 g/mol. The first-order valence-corrected chi connectivity index (χ1v) is 11.4. The number of halogens is 1. The molecule has 0 saturated carbocycles. The number of aliphatic hydroxyl groups excluding tert-OH is 1. The molecule has 2 fully saturated rings. The van der Waals surface area contributed by atoms with Crippen LogP contribution in [0.5, 0.6) is 0 Å². The van der Waals surface area contributed by atoms with Gasteiger partial charge in [0.2, 0.25) is 0 Å². The Bertz CT molecular complexity index is 1130. The minimum atomic E-state index is -1.02. The molecule has 2 aliphatic rings. The standard InChI is InChI=1S/C27H30FNO4/c1-16-11-12-17(27(2,3)4)14-20(16)24(30)22-23(19-9-5-6-10-21(19)28)29(26(32)25(22)31)15-18-8-7-13-33-18/h5-6,9-12,14,18,23,30H,7-8,13,15H2,1-4H3/b24-22+. The first kappa shape index (κ1) is 23.2. The molecule has 2 aromatic rings. The van der Waals surface area contributed by atoms with Gasteiger partial charge in [-0.2, -0.15) is 0 Å². The number of benzene rings is 2. The summed E-state index contributed by atoms with van der Waals surface area (Å²) >= 11 is 0. The highest BCUT2D eigenvalue weighted by Crippen LogP contribution is 2.41. The highest BCUT2D eigenvalue weighted by Gasteiger charge is 2.48. The van der Waals surface area contributed by atoms with E-state index in [1.165, 1.54) is 11.0 Å². The van der Waals surface area contributed by atoms with Gasteiger partial charge >= 0.3 is 0 Å². The van der Waals surface area contributed by atoms with Crippen LogP contribution in [0.25, 0.3) is 5.76 Å². The molecule has 4 rings (SSSR count).